The minimum atomic E-state index is -0.0714. The molecule has 29 heavy (non-hydrogen) atoms. The largest absolute Gasteiger partial charge is 0.375 e. The second kappa shape index (κ2) is 7.15. The maximum Gasteiger partial charge on any atom is 0.273 e. The summed E-state index contributed by atoms with van der Waals surface area (Å²) in [6.45, 7) is 1.24. The van der Waals surface area contributed by atoms with Gasteiger partial charge in [0.05, 0.1) is 0 Å². The lowest BCUT2D eigenvalue weighted by Crippen LogP contribution is -2.51. The molecule has 0 radical (unpaired) electrons. The number of carbonyl (C=O) groups excluding carboxylic acids is 1. The maximum atomic E-state index is 13.0. The molecule has 1 fully saturated rings. The Bertz CT molecular complexity index is 1110. The molecule has 2 N–H and O–H groups in total. The molecule has 148 valence electrons. The molecule has 0 spiro atoms. The molecule has 7 heteroatoms. The normalized spacial score (nSPS) is 22.9. The minimum Gasteiger partial charge on any atom is -0.375 e. The molecule has 1 amide bonds. The predicted octanol–water partition coefficient (Wildman–Crippen LogP) is 2.93. The van der Waals surface area contributed by atoms with Crippen LogP contribution in [0.3, 0.4) is 0 Å². The van der Waals surface area contributed by atoms with E-state index >= 15 is 0 Å². The van der Waals surface area contributed by atoms with Gasteiger partial charge >= 0.3 is 0 Å². The first kappa shape index (κ1) is 18.1. The van der Waals surface area contributed by atoms with E-state index in [1.54, 1.807) is 11.4 Å². The molecule has 0 unspecified atom stereocenters. The van der Waals surface area contributed by atoms with Gasteiger partial charge in [-0.1, -0.05) is 36.4 Å². The Morgan fingerprint density at radius 3 is 2.72 bits per heavy atom. The van der Waals surface area contributed by atoms with Crippen molar-refractivity contribution in [3.05, 3.63) is 81.2 Å². The van der Waals surface area contributed by atoms with Gasteiger partial charge in [0.1, 0.15) is 5.69 Å². The van der Waals surface area contributed by atoms with Crippen LogP contribution in [0.15, 0.2) is 58.7 Å². The zero-order chi connectivity index (χ0) is 20.0. The summed E-state index contributed by atoms with van der Waals surface area (Å²) in [4.78, 5) is 31.9. The topological polar surface area (TPSA) is 81.2 Å². The average Bonchev–Trinajstić information content (AvgIpc) is 3.17. The van der Waals surface area contributed by atoms with Gasteiger partial charge in [-0.25, -0.2) is 4.98 Å². The summed E-state index contributed by atoms with van der Waals surface area (Å²) >= 11 is 1.28. The predicted molar refractivity (Wildman–Crippen MR) is 113 cm³/mol. The van der Waals surface area contributed by atoms with Gasteiger partial charge in [-0.3, -0.25) is 9.59 Å². The van der Waals surface area contributed by atoms with E-state index in [0.29, 0.717) is 23.9 Å². The van der Waals surface area contributed by atoms with Crippen molar-refractivity contribution in [1.82, 2.24) is 14.5 Å². The quantitative estimate of drug-likeness (QED) is 0.725. The molecule has 2 aliphatic rings. The number of nitrogens with zero attached hydrogens (tertiary/aromatic N) is 3. The highest BCUT2D eigenvalue weighted by Gasteiger charge is 2.42. The molecule has 0 saturated carbocycles. The van der Waals surface area contributed by atoms with Crippen LogP contribution >= 0.6 is 11.3 Å². The van der Waals surface area contributed by atoms with Gasteiger partial charge in [-0.05, 0) is 30.4 Å². The number of anilines is 1. The summed E-state index contributed by atoms with van der Waals surface area (Å²) in [5.74, 6) is 0.314. The lowest BCUT2D eigenvalue weighted by Gasteiger charge is -2.47. The van der Waals surface area contributed by atoms with Gasteiger partial charge in [0.15, 0.2) is 5.13 Å². The van der Waals surface area contributed by atoms with E-state index in [1.807, 2.05) is 39.8 Å². The standard InChI is InChI=1S/C22H22N4O2S/c23-22-24-17(13-29-22)21(28)25-11-15-10-16(12-25)19(9-14-5-2-1-3-6-14)26-18(15)7-4-8-20(26)27/h1-8,13,15-16,19H,9-12H2,(H2,23,24)/t15-,16+,19+/m1/s1. The smallest absolute Gasteiger partial charge is 0.273 e. The van der Waals surface area contributed by atoms with Gasteiger partial charge in [0.25, 0.3) is 11.5 Å². The number of hydrogen-bond donors (Lipinski definition) is 1. The number of amides is 1. The van der Waals surface area contributed by atoms with Crippen LogP contribution in [0.2, 0.25) is 0 Å². The highest BCUT2D eigenvalue weighted by molar-refractivity contribution is 7.13. The van der Waals surface area contributed by atoms with Gasteiger partial charge in [0.2, 0.25) is 0 Å². The average molecular weight is 407 g/mol. The summed E-state index contributed by atoms with van der Waals surface area (Å²) in [5, 5.41) is 2.13. The Kier molecular flexibility index (Phi) is 4.47. The van der Waals surface area contributed by atoms with Crippen LogP contribution in [0, 0.1) is 5.92 Å². The minimum absolute atomic E-state index is 0.0356. The number of nitrogen functional groups attached to an aromatic ring is 1. The number of aromatic nitrogens is 2. The molecular weight excluding hydrogens is 384 g/mol. The second-order valence-electron chi connectivity index (χ2n) is 7.89. The van der Waals surface area contributed by atoms with Crippen molar-refractivity contribution in [3.8, 4) is 0 Å². The molecule has 0 aliphatic carbocycles. The first-order chi connectivity index (χ1) is 14.1. The molecular formula is C22H22N4O2S. The maximum absolute atomic E-state index is 13.0. The molecule has 3 atom stereocenters. The first-order valence-corrected chi connectivity index (χ1v) is 10.7. The van der Waals surface area contributed by atoms with E-state index in [2.05, 4.69) is 17.1 Å². The Morgan fingerprint density at radius 2 is 1.97 bits per heavy atom. The van der Waals surface area contributed by atoms with Crippen molar-refractivity contribution >= 4 is 22.4 Å². The molecule has 5 rings (SSSR count). The van der Waals surface area contributed by atoms with Crippen molar-refractivity contribution in [2.45, 2.75) is 24.8 Å². The fourth-order valence-corrected chi connectivity index (χ4v) is 5.41. The fourth-order valence-electron chi connectivity index (χ4n) is 4.87. The number of pyridine rings is 1. The summed E-state index contributed by atoms with van der Waals surface area (Å²) in [5.41, 5.74) is 8.42. The number of benzene rings is 1. The number of carbonyl (C=O) groups is 1. The first-order valence-electron chi connectivity index (χ1n) is 9.86. The van der Waals surface area contributed by atoms with Gasteiger partial charge in [-0.2, -0.15) is 0 Å². The fraction of sp³-hybridized carbons (Fsp3) is 0.318. The third-order valence-corrected chi connectivity index (χ3v) is 6.79. The SMILES string of the molecule is Nc1nc(C(=O)N2C[C@H]3C[C@@H](C2)[C@H](Cc2ccccc2)n2c3cccc2=O)cs1. The van der Waals surface area contributed by atoms with Crippen LogP contribution in [-0.2, 0) is 6.42 Å². The van der Waals surface area contributed by atoms with E-state index in [4.69, 9.17) is 5.73 Å². The van der Waals surface area contributed by atoms with Crippen LogP contribution in [0.1, 0.15) is 40.1 Å². The van der Waals surface area contributed by atoms with Crippen LogP contribution < -0.4 is 11.3 Å². The monoisotopic (exact) mass is 406 g/mol. The van der Waals surface area contributed by atoms with Crippen molar-refractivity contribution in [3.63, 3.8) is 0 Å². The zero-order valence-corrected chi connectivity index (χ0v) is 16.7. The van der Waals surface area contributed by atoms with Crippen molar-refractivity contribution in [1.29, 1.82) is 0 Å². The third kappa shape index (κ3) is 3.25. The molecule has 2 aliphatic heterocycles. The number of rotatable bonds is 3. The van der Waals surface area contributed by atoms with Crippen LogP contribution in [0.4, 0.5) is 5.13 Å². The van der Waals surface area contributed by atoms with Gasteiger partial charge < -0.3 is 15.2 Å². The van der Waals surface area contributed by atoms with Gasteiger partial charge in [-0.15, -0.1) is 11.3 Å². The molecule has 6 nitrogen and oxygen atoms in total. The molecule has 1 aromatic carbocycles. The number of fused-ring (bicyclic) bond motifs is 4. The van der Waals surface area contributed by atoms with E-state index in [-0.39, 0.29) is 29.3 Å². The Morgan fingerprint density at radius 1 is 1.14 bits per heavy atom. The van der Waals surface area contributed by atoms with E-state index < -0.39 is 0 Å². The lowest BCUT2D eigenvalue weighted by molar-refractivity contribution is 0.0524. The molecule has 2 aromatic heterocycles. The summed E-state index contributed by atoms with van der Waals surface area (Å²) in [6, 6.07) is 15.8. The highest BCUT2D eigenvalue weighted by atomic mass is 32.1. The van der Waals surface area contributed by atoms with Crippen molar-refractivity contribution in [2.75, 3.05) is 18.8 Å². The Labute approximate surface area is 172 Å². The number of nitrogens with two attached hydrogens (primary N) is 1. The molecule has 1 saturated heterocycles. The Balaban J connectivity index is 1.52. The van der Waals surface area contributed by atoms with Crippen LogP contribution in [-0.4, -0.2) is 33.4 Å². The third-order valence-electron chi connectivity index (χ3n) is 6.11. The summed E-state index contributed by atoms with van der Waals surface area (Å²) in [7, 11) is 0. The van der Waals surface area contributed by atoms with Crippen molar-refractivity contribution in [2.24, 2.45) is 5.92 Å². The zero-order valence-electron chi connectivity index (χ0n) is 15.9. The van der Waals surface area contributed by atoms with E-state index in [9.17, 15) is 9.59 Å². The van der Waals surface area contributed by atoms with E-state index in [1.165, 1.54) is 16.9 Å². The number of hydrogen-bond acceptors (Lipinski definition) is 5. The lowest BCUT2D eigenvalue weighted by atomic mass is 9.76. The Hall–Kier alpha value is -2.93. The van der Waals surface area contributed by atoms with Gasteiger partial charge in [0, 0.05) is 42.2 Å². The highest BCUT2D eigenvalue weighted by Crippen LogP contribution is 2.42. The number of likely N-dealkylation sites (tertiary alicyclic amines) is 1. The summed E-state index contributed by atoms with van der Waals surface area (Å²) < 4.78 is 1.98. The summed E-state index contributed by atoms with van der Waals surface area (Å²) in [6.07, 6.45) is 1.77. The van der Waals surface area contributed by atoms with Crippen LogP contribution in [0.5, 0.6) is 0 Å². The molecule has 2 bridgehead atoms. The molecule has 4 heterocycles. The number of thiazole rings is 1. The molecule has 3 aromatic rings. The van der Waals surface area contributed by atoms with Crippen LogP contribution in [0.25, 0.3) is 0 Å². The van der Waals surface area contributed by atoms with Crippen molar-refractivity contribution < 1.29 is 4.79 Å². The number of piperidine rings is 1. The van der Waals surface area contributed by atoms with E-state index in [0.717, 1.165) is 18.5 Å². The second-order valence-corrected chi connectivity index (χ2v) is 8.78.